The Bertz CT molecular complexity index is 252. The number of ketones is 1. The molecule has 3 atom stereocenters. The molecule has 0 aliphatic heterocycles. The summed E-state index contributed by atoms with van der Waals surface area (Å²) >= 11 is 0. The third-order valence-corrected chi connectivity index (χ3v) is 3.49. The van der Waals surface area contributed by atoms with Crippen LogP contribution in [-0.4, -0.2) is 5.78 Å². The Hall–Kier alpha value is -0.590. The first-order valence-corrected chi connectivity index (χ1v) is 4.57. The van der Waals surface area contributed by atoms with Crippen LogP contribution in [-0.2, 0) is 4.79 Å². The van der Waals surface area contributed by atoms with E-state index < -0.39 is 0 Å². The van der Waals surface area contributed by atoms with Crippen LogP contribution in [0.1, 0.15) is 25.7 Å². The first-order chi connectivity index (χ1) is 5.34. The first-order valence-electron chi connectivity index (χ1n) is 4.57. The van der Waals surface area contributed by atoms with Crippen molar-refractivity contribution >= 4 is 5.78 Å². The van der Waals surface area contributed by atoms with Gasteiger partial charge in [0.2, 0.25) is 0 Å². The van der Waals surface area contributed by atoms with Crippen molar-refractivity contribution in [2.24, 2.45) is 17.8 Å². The van der Waals surface area contributed by atoms with Crippen LogP contribution < -0.4 is 0 Å². The number of fused-ring (bicyclic) bond motifs is 3. The van der Waals surface area contributed by atoms with Gasteiger partial charge in [-0.25, -0.2) is 0 Å². The maximum atomic E-state index is 11.1. The minimum absolute atomic E-state index is 0.490. The van der Waals surface area contributed by atoms with E-state index >= 15 is 0 Å². The molecule has 0 saturated heterocycles. The summed E-state index contributed by atoms with van der Waals surface area (Å²) in [6.07, 6.45) is 6.62. The molecular weight excluding hydrogens is 136 g/mol. The number of Topliss-reactive ketones (excluding diaryl/α,β-unsaturated/α-hetero) is 1. The smallest absolute Gasteiger partial charge is 0.133 e. The molecule has 1 heteroatoms. The van der Waals surface area contributed by atoms with E-state index in [2.05, 4.69) is 6.08 Å². The maximum Gasteiger partial charge on any atom is 0.133 e. The van der Waals surface area contributed by atoms with E-state index in [0.717, 1.165) is 24.7 Å². The summed E-state index contributed by atoms with van der Waals surface area (Å²) < 4.78 is 0. The molecule has 3 unspecified atom stereocenters. The highest BCUT2D eigenvalue weighted by Crippen LogP contribution is 2.57. The molecular formula is C10H12O. The Kier molecular flexibility index (Phi) is 0.961. The topological polar surface area (TPSA) is 17.1 Å². The van der Waals surface area contributed by atoms with Crippen LogP contribution in [0.25, 0.3) is 0 Å². The summed E-state index contributed by atoms with van der Waals surface area (Å²) in [5.74, 6) is 2.95. The molecule has 0 aromatic rings. The van der Waals surface area contributed by atoms with E-state index in [9.17, 15) is 4.79 Å². The summed E-state index contributed by atoms with van der Waals surface area (Å²) in [6, 6.07) is 0. The number of carbonyl (C=O) groups is 1. The van der Waals surface area contributed by atoms with Crippen molar-refractivity contribution in [2.75, 3.05) is 0 Å². The van der Waals surface area contributed by atoms with Gasteiger partial charge in [0.05, 0.1) is 0 Å². The van der Waals surface area contributed by atoms with Gasteiger partial charge in [-0.3, -0.25) is 4.79 Å². The summed E-state index contributed by atoms with van der Waals surface area (Å²) in [6.45, 7) is 0. The quantitative estimate of drug-likeness (QED) is 0.480. The Morgan fingerprint density at radius 2 is 2.27 bits per heavy atom. The molecule has 0 spiro atoms. The SMILES string of the molecule is O=C1CCC2C(C=C3CC32)C1. The van der Waals surface area contributed by atoms with Crippen LogP contribution in [0.4, 0.5) is 0 Å². The van der Waals surface area contributed by atoms with Crippen molar-refractivity contribution in [1.29, 1.82) is 0 Å². The van der Waals surface area contributed by atoms with Crippen LogP contribution in [0.15, 0.2) is 11.6 Å². The monoisotopic (exact) mass is 148 g/mol. The van der Waals surface area contributed by atoms with Gasteiger partial charge < -0.3 is 0 Å². The summed E-state index contributed by atoms with van der Waals surface area (Å²) in [5, 5.41) is 0. The highest BCUT2D eigenvalue weighted by Gasteiger charge is 2.47. The molecule has 3 aliphatic rings. The van der Waals surface area contributed by atoms with E-state index in [1.165, 1.54) is 12.8 Å². The molecule has 3 aliphatic carbocycles. The molecule has 2 saturated carbocycles. The zero-order chi connectivity index (χ0) is 7.42. The average Bonchev–Trinajstić information content (AvgIpc) is 2.63. The lowest BCUT2D eigenvalue weighted by Gasteiger charge is -2.25. The fourth-order valence-corrected chi connectivity index (χ4v) is 2.83. The molecule has 0 heterocycles. The second kappa shape index (κ2) is 1.77. The number of rotatable bonds is 0. The maximum absolute atomic E-state index is 11.1. The van der Waals surface area contributed by atoms with Crippen molar-refractivity contribution in [3.05, 3.63) is 11.6 Å². The molecule has 58 valence electrons. The number of hydrogen-bond acceptors (Lipinski definition) is 1. The minimum atomic E-state index is 0.490. The van der Waals surface area contributed by atoms with Crippen molar-refractivity contribution in [3.8, 4) is 0 Å². The van der Waals surface area contributed by atoms with Gasteiger partial charge in [-0.1, -0.05) is 11.6 Å². The van der Waals surface area contributed by atoms with E-state index in [1.807, 2.05) is 0 Å². The van der Waals surface area contributed by atoms with E-state index in [-0.39, 0.29) is 0 Å². The third-order valence-electron chi connectivity index (χ3n) is 3.49. The Balaban J connectivity index is 1.87. The summed E-state index contributed by atoms with van der Waals surface area (Å²) in [5.41, 5.74) is 1.66. The van der Waals surface area contributed by atoms with Gasteiger partial charge in [0.1, 0.15) is 5.78 Å². The molecule has 0 aromatic heterocycles. The second-order valence-corrected chi connectivity index (χ2v) is 4.16. The van der Waals surface area contributed by atoms with E-state index in [4.69, 9.17) is 0 Å². The van der Waals surface area contributed by atoms with Crippen LogP contribution in [0, 0.1) is 17.8 Å². The molecule has 3 rings (SSSR count). The first kappa shape index (κ1) is 5.99. The second-order valence-electron chi connectivity index (χ2n) is 4.16. The van der Waals surface area contributed by atoms with Gasteiger partial charge in [0, 0.05) is 12.8 Å². The number of hydrogen-bond donors (Lipinski definition) is 0. The third kappa shape index (κ3) is 0.741. The van der Waals surface area contributed by atoms with Gasteiger partial charge in [-0.15, -0.1) is 0 Å². The number of carbonyl (C=O) groups excluding carboxylic acids is 1. The predicted octanol–water partition coefficient (Wildman–Crippen LogP) is 1.93. The normalized spacial score (nSPS) is 46.4. The van der Waals surface area contributed by atoms with Crippen LogP contribution in [0.2, 0.25) is 0 Å². The Morgan fingerprint density at radius 3 is 3.18 bits per heavy atom. The summed E-state index contributed by atoms with van der Waals surface area (Å²) in [4.78, 5) is 11.1. The lowest BCUT2D eigenvalue weighted by atomic mass is 9.78. The van der Waals surface area contributed by atoms with Crippen LogP contribution >= 0.6 is 0 Å². The van der Waals surface area contributed by atoms with Gasteiger partial charge in [0.25, 0.3) is 0 Å². The molecule has 0 N–H and O–H groups in total. The lowest BCUT2D eigenvalue weighted by molar-refractivity contribution is -0.122. The standard InChI is InChI=1S/C10H12O/c11-8-1-2-9-6(4-8)3-7-5-10(7)9/h3,6,9-10H,1-2,4-5H2. The van der Waals surface area contributed by atoms with Crippen molar-refractivity contribution in [1.82, 2.24) is 0 Å². The Morgan fingerprint density at radius 1 is 1.36 bits per heavy atom. The molecule has 0 amide bonds. The minimum Gasteiger partial charge on any atom is -0.300 e. The lowest BCUT2D eigenvalue weighted by Crippen LogP contribution is -2.22. The average molecular weight is 148 g/mol. The molecule has 1 nitrogen and oxygen atoms in total. The fourth-order valence-electron chi connectivity index (χ4n) is 2.83. The molecule has 0 aromatic carbocycles. The van der Waals surface area contributed by atoms with Crippen molar-refractivity contribution in [2.45, 2.75) is 25.7 Å². The van der Waals surface area contributed by atoms with E-state index in [1.54, 1.807) is 5.57 Å². The zero-order valence-electron chi connectivity index (χ0n) is 6.55. The van der Waals surface area contributed by atoms with Gasteiger partial charge in [-0.2, -0.15) is 0 Å². The zero-order valence-corrected chi connectivity index (χ0v) is 6.55. The predicted molar refractivity (Wildman–Crippen MR) is 42.0 cm³/mol. The van der Waals surface area contributed by atoms with Crippen LogP contribution in [0.3, 0.4) is 0 Å². The van der Waals surface area contributed by atoms with Crippen molar-refractivity contribution in [3.63, 3.8) is 0 Å². The van der Waals surface area contributed by atoms with E-state index in [0.29, 0.717) is 11.7 Å². The molecule has 0 radical (unpaired) electrons. The number of allylic oxidation sites excluding steroid dienone is 2. The Labute approximate surface area is 66.5 Å². The van der Waals surface area contributed by atoms with Crippen molar-refractivity contribution < 1.29 is 4.79 Å². The molecule has 2 fully saturated rings. The van der Waals surface area contributed by atoms with Gasteiger partial charge >= 0.3 is 0 Å². The van der Waals surface area contributed by atoms with Crippen LogP contribution in [0.5, 0.6) is 0 Å². The summed E-state index contributed by atoms with van der Waals surface area (Å²) in [7, 11) is 0. The van der Waals surface area contributed by atoms with Gasteiger partial charge in [-0.05, 0) is 30.6 Å². The van der Waals surface area contributed by atoms with Gasteiger partial charge in [0.15, 0.2) is 0 Å². The highest BCUT2D eigenvalue weighted by molar-refractivity contribution is 5.80. The molecule has 11 heavy (non-hydrogen) atoms. The molecule has 0 bridgehead atoms. The fraction of sp³-hybridized carbons (Fsp3) is 0.700. The largest absolute Gasteiger partial charge is 0.300 e. The highest BCUT2D eigenvalue weighted by atomic mass is 16.1.